The number of piperazine rings is 1. The molecule has 0 radical (unpaired) electrons. The second kappa shape index (κ2) is 4.54. The first-order valence-corrected chi connectivity index (χ1v) is 6.20. The lowest BCUT2D eigenvalue weighted by atomic mass is 9.98. The SMILES string of the molecule is CS(=O)(=O)N1CCN(CB(F)F)CC1. The van der Waals surface area contributed by atoms with Crippen molar-refractivity contribution in [3.05, 3.63) is 0 Å². The Morgan fingerprint density at radius 1 is 1.21 bits per heavy atom. The fourth-order valence-corrected chi connectivity index (χ4v) is 2.27. The molecule has 0 spiro atoms. The lowest BCUT2D eigenvalue weighted by molar-refractivity contribution is 0.206. The molecule has 0 amide bonds. The zero-order valence-corrected chi connectivity index (χ0v) is 8.80. The maximum atomic E-state index is 12.0. The van der Waals surface area contributed by atoms with Crippen LogP contribution in [-0.4, -0.2) is 63.8 Å². The van der Waals surface area contributed by atoms with E-state index in [4.69, 9.17) is 0 Å². The molecule has 0 aromatic rings. The van der Waals surface area contributed by atoms with Gasteiger partial charge in [0.2, 0.25) is 10.0 Å². The van der Waals surface area contributed by atoms with Crippen molar-refractivity contribution in [1.82, 2.24) is 9.21 Å². The molecule has 82 valence electrons. The van der Waals surface area contributed by atoms with Gasteiger partial charge < -0.3 is 4.90 Å². The first kappa shape index (κ1) is 11.9. The van der Waals surface area contributed by atoms with Crippen LogP contribution in [0.4, 0.5) is 8.63 Å². The van der Waals surface area contributed by atoms with Gasteiger partial charge in [-0.3, -0.25) is 8.63 Å². The highest BCUT2D eigenvalue weighted by Crippen LogP contribution is 2.06. The van der Waals surface area contributed by atoms with Crippen LogP contribution in [0.2, 0.25) is 0 Å². The predicted octanol–water partition coefficient (Wildman–Crippen LogP) is -0.470. The maximum Gasteiger partial charge on any atom is 0.551 e. The van der Waals surface area contributed by atoms with Crippen molar-refractivity contribution in [2.75, 3.05) is 38.9 Å². The summed E-state index contributed by atoms with van der Waals surface area (Å²) in [5.41, 5.74) is 0. The molecule has 1 saturated heterocycles. The normalized spacial score (nSPS) is 21.1. The molecule has 0 aliphatic carbocycles. The van der Waals surface area contributed by atoms with Crippen LogP contribution in [0.25, 0.3) is 0 Å². The van der Waals surface area contributed by atoms with Gasteiger partial charge in [-0.1, -0.05) is 0 Å². The van der Waals surface area contributed by atoms with Gasteiger partial charge in [0.25, 0.3) is 0 Å². The minimum Gasteiger partial charge on any atom is -0.302 e. The van der Waals surface area contributed by atoms with Crippen LogP contribution in [0.1, 0.15) is 0 Å². The van der Waals surface area contributed by atoms with E-state index in [9.17, 15) is 17.0 Å². The fourth-order valence-electron chi connectivity index (χ4n) is 1.44. The highest BCUT2D eigenvalue weighted by Gasteiger charge is 2.26. The molecule has 0 aromatic carbocycles. The van der Waals surface area contributed by atoms with Gasteiger partial charge >= 0.3 is 7.27 Å². The standard InChI is InChI=1S/C6H13BF2N2O2S/c1-14(12,13)11-4-2-10(3-5-11)6-7(8)9/h2-6H2,1H3. The van der Waals surface area contributed by atoms with E-state index in [0.717, 1.165) is 6.26 Å². The van der Waals surface area contributed by atoms with Gasteiger partial charge in [0.1, 0.15) is 0 Å². The Labute approximate surface area is 83.1 Å². The van der Waals surface area contributed by atoms with Crippen molar-refractivity contribution in [3.63, 3.8) is 0 Å². The van der Waals surface area contributed by atoms with E-state index < -0.39 is 17.3 Å². The minimum atomic E-state index is -3.16. The highest BCUT2D eigenvalue weighted by molar-refractivity contribution is 7.88. The molecule has 0 unspecified atom stereocenters. The average molecular weight is 226 g/mol. The fraction of sp³-hybridized carbons (Fsp3) is 1.00. The molecular weight excluding hydrogens is 213 g/mol. The second-order valence-corrected chi connectivity index (χ2v) is 5.34. The summed E-state index contributed by atoms with van der Waals surface area (Å²) in [4.78, 5) is 1.58. The summed E-state index contributed by atoms with van der Waals surface area (Å²) >= 11 is 0. The van der Waals surface area contributed by atoms with E-state index in [0.29, 0.717) is 26.2 Å². The topological polar surface area (TPSA) is 40.6 Å². The van der Waals surface area contributed by atoms with Crippen molar-refractivity contribution in [1.29, 1.82) is 0 Å². The van der Waals surface area contributed by atoms with Crippen LogP contribution < -0.4 is 0 Å². The van der Waals surface area contributed by atoms with Gasteiger partial charge in [0.05, 0.1) is 6.26 Å². The smallest absolute Gasteiger partial charge is 0.302 e. The summed E-state index contributed by atoms with van der Waals surface area (Å²) in [5, 5.41) is 0. The average Bonchev–Trinajstić information content (AvgIpc) is 2.02. The molecule has 1 aliphatic heterocycles. The molecule has 4 nitrogen and oxygen atoms in total. The van der Waals surface area contributed by atoms with E-state index in [-0.39, 0.29) is 6.44 Å². The van der Waals surface area contributed by atoms with Gasteiger partial charge in [-0.25, -0.2) is 8.42 Å². The molecule has 0 N–H and O–H groups in total. The van der Waals surface area contributed by atoms with Crippen molar-refractivity contribution in [3.8, 4) is 0 Å². The summed E-state index contributed by atoms with van der Waals surface area (Å²) in [6.07, 6.45) is 0.868. The van der Waals surface area contributed by atoms with E-state index in [1.54, 1.807) is 4.90 Å². The minimum absolute atomic E-state index is 0.266. The van der Waals surface area contributed by atoms with E-state index in [1.807, 2.05) is 0 Å². The molecule has 0 saturated carbocycles. The first-order valence-electron chi connectivity index (χ1n) is 4.35. The van der Waals surface area contributed by atoms with E-state index >= 15 is 0 Å². The summed E-state index contributed by atoms with van der Waals surface area (Å²) in [7, 11) is -5.51. The molecule has 8 heteroatoms. The molecule has 0 atom stereocenters. The Hall–Kier alpha value is -0.205. The van der Waals surface area contributed by atoms with E-state index in [1.165, 1.54) is 4.31 Å². The van der Waals surface area contributed by atoms with Crippen LogP contribution in [0.15, 0.2) is 0 Å². The Morgan fingerprint density at radius 2 is 1.71 bits per heavy atom. The Bertz CT molecular complexity index is 278. The molecule has 14 heavy (non-hydrogen) atoms. The molecular formula is C6H13BF2N2O2S. The number of rotatable bonds is 3. The van der Waals surface area contributed by atoms with Crippen LogP contribution in [0.3, 0.4) is 0 Å². The molecule has 1 rings (SSSR count). The second-order valence-electron chi connectivity index (χ2n) is 3.35. The molecule has 0 aromatic heterocycles. The maximum absolute atomic E-state index is 12.0. The third-order valence-electron chi connectivity index (χ3n) is 2.20. The van der Waals surface area contributed by atoms with Gasteiger partial charge in [0, 0.05) is 32.6 Å². The Balaban J connectivity index is 2.39. The number of nitrogens with zero attached hydrogens (tertiary/aromatic N) is 2. The van der Waals surface area contributed by atoms with Gasteiger partial charge in [-0.05, 0) is 0 Å². The third kappa shape index (κ3) is 3.51. The molecule has 1 heterocycles. The number of hydrogen-bond donors (Lipinski definition) is 0. The zero-order chi connectivity index (χ0) is 10.8. The Morgan fingerprint density at radius 3 is 2.07 bits per heavy atom. The van der Waals surface area contributed by atoms with Crippen LogP contribution in [0, 0.1) is 0 Å². The van der Waals surface area contributed by atoms with Gasteiger partial charge in [-0.2, -0.15) is 4.31 Å². The number of hydrogen-bond acceptors (Lipinski definition) is 3. The number of sulfonamides is 1. The lowest BCUT2D eigenvalue weighted by Gasteiger charge is -2.32. The number of halogens is 2. The molecule has 1 fully saturated rings. The van der Waals surface area contributed by atoms with Gasteiger partial charge in [-0.15, -0.1) is 0 Å². The van der Waals surface area contributed by atoms with Crippen molar-refractivity contribution in [2.24, 2.45) is 0 Å². The largest absolute Gasteiger partial charge is 0.551 e. The van der Waals surface area contributed by atoms with Crippen LogP contribution >= 0.6 is 0 Å². The third-order valence-corrected chi connectivity index (χ3v) is 3.50. The Kier molecular flexibility index (Phi) is 3.85. The van der Waals surface area contributed by atoms with Crippen molar-refractivity contribution >= 4 is 17.3 Å². The highest BCUT2D eigenvalue weighted by atomic mass is 32.2. The van der Waals surface area contributed by atoms with Crippen LogP contribution in [-0.2, 0) is 10.0 Å². The summed E-state index contributed by atoms with van der Waals surface area (Å²) in [5.74, 6) is 0. The monoisotopic (exact) mass is 226 g/mol. The zero-order valence-electron chi connectivity index (χ0n) is 7.99. The van der Waals surface area contributed by atoms with Crippen molar-refractivity contribution in [2.45, 2.75) is 0 Å². The first-order chi connectivity index (χ1) is 6.39. The molecule has 0 bridgehead atoms. The molecule has 1 aliphatic rings. The van der Waals surface area contributed by atoms with Gasteiger partial charge in [0.15, 0.2) is 0 Å². The summed E-state index contributed by atoms with van der Waals surface area (Å²) < 4.78 is 47.4. The van der Waals surface area contributed by atoms with E-state index in [2.05, 4.69) is 0 Å². The summed E-state index contributed by atoms with van der Waals surface area (Å²) in [6.45, 7) is 1.39. The predicted molar refractivity (Wildman–Crippen MR) is 50.8 cm³/mol. The quantitative estimate of drug-likeness (QED) is 0.611. The van der Waals surface area contributed by atoms with Crippen LogP contribution in [0.5, 0.6) is 0 Å². The summed E-state index contributed by atoms with van der Waals surface area (Å²) in [6, 6.07) is 0. The lowest BCUT2D eigenvalue weighted by Crippen LogP contribution is -2.49. The van der Waals surface area contributed by atoms with Crippen molar-refractivity contribution < 1.29 is 17.0 Å².